The third-order valence-electron chi connectivity index (χ3n) is 4.64. The maximum Gasteiger partial charge on any atom is 0.231 e. The van der Waals surface area contributed by atoms with Crippen molar-refractivity contribution in [2.45, 2.75) is 26.4 Å². The summed E-state index contributed by atoms with van der Waals surface area (Å²) in [6, 6.07) is 18.0. The standard InChI is InChI=1S/C22H26N4O2/c1-16(2)25(15-21(23)27)13-18-14-26(19-7-5-4-6-8-19)24-22(18)17-9-11-20(28-3)12-10-17/h4-12,14,16H,13,15H2,1-3H3,(H2,23,27). The minimum Gasteiger partial charge on any atom is -0.497 e. The van der Waals surface area contributed by atoms with Gasteiger partial charge >= 0.3 is 0 Å². The van der Waals surface area contributed by atoms with Gasteiger partial charge in [-0.15, -0.1) is 0 Å². The van der Waals surface area contributed by atoms with E-state index < -0.39 is 0 Å². The summed E-state index contributed by atoms with van der Waals surface area (Å²) in [5.74, 6) is 0.459. The topological polar surface area (TPSA) is 73.4 Å². The number of rotatable bonds is 8. The van der Waals surface area contributed by atoms with Crippen molar-refractivity contribution >= 4 is 5.91 Å². The zero-order valence-electron chi connectivity index (χ0n) is 16.5. The number of hydrogen-bond donors (Lipinski definition) is 1. The first-order valence-electron chi connectivity index (χ1n) is 9.28. The fraction of sp³-hybridized carbons (Fsp3) is 0.273. The molecule has 1 aromatic heterocycles. The van der Waals surface area contributed by atoms with Gasteiger partial charge in [0.2, 0.25) is 5.91 Å². The summed E-state index contributed by atoms with van der Waals surface area (Å²) >= 11 is 0. The van der Waals surface area contributed by atoms with E-state index in [0.29, 0.717) is 6.54 Å². The predicted octanol–water partition coefficient (Wildman–Crippen LogP) is 3.24. The molecule has 1 heterocycles. The quantitative estimate of drug-likeness (QED) is 0.653. The Morgan fingerprint density at radius 2 is 1.82 bits per heavy atom. The Morgan fingerprint density at radius 1 is 1.14 bits per heavy atom. The lowest BCUT2D eigenvalue weighted by molar-refractivity contribution is -0.119. The average Bonchev–Trinajstić information content (AvgIpc) is 3.11. The van der Waals surface area contributed by atoms with Crippen LogP contribution in [-0.2, 0) is 11.3 Å². The zero-order valence-corrected chi connectivity index (χ0v) is 16.5. The van der Waals surface area contributed by atoms with E-state index in [9.17, 15) is 4.79 Å². The summed E-state index contributed by atoms with van der Waals surface area (Å²) in [6.45, 7) is 4.89. The van der Waals surface area contributed by atoms with Crippen LogP contribution in [0.5, 0.6) is 5.75 Å². The number of nitrogens with two attached hydrogens (primary N) is 1. The number of carbonyl (C=O) groups excluding carboxylic acids is 1. The van der Waals surface area contributed by atoms with E-state index in [1.54, 1.807) is 7.11 Å². The molecule has 6 nitrogen and oxygen atoms in total. The van der Waals surface area contributed by atoms with Crippen LogP contribution in [0.15, 0.2) is 60.8 Å². The Kier molecular flexibility index (Phi) is 6.11. The van der Waals surface area contributed by atoms with Crippen molar-refractivity contribution in [1.82, 2.24) is 14.7 Å². The average molecular weight is 378 g/mol. The van der Waals surface area contributed by atoms with Crippen molar-refractivity contribution < 1.29 is 9.53 Å². The maximum absolute atomic E-state index is 11.5. The van der Waals surface area contributed by atoms with Gasteiger partial charge in [0.25, 0.3) is 0 Å². The third kappa shape index (κ3) is 4.58. The summed E-state index contributed by atoms with van der Waals surface area (Å²) in [6.07, 6.45) is 2.02. The molecular formula is C22H26N4O2. The van der Waals surface area contributed by atoms with Crippen LogP contribution in [0.1, 0.15) is 19.4 Å². The van der Waals surface area contributed by atoms with E-state index in [2.05, 4.69) is 13.8 Å². The molecular weight excluding hydrogens is 352 g/mol. The Balaban J connectivity index is 2.02. The highest BCUT2D eigenvalue weighted by Crippen LogP contribution is 2.27. The molecule has 6 heteroatoms. The van der Waals surface area contributed by atoms with Crippen molar-refractivity contribution in [3.05, 3.63) is 66.4 Å². The number of amides is 1. The molecule has 0 bridgehead atoms. The van der Waals surface area contributed by atoms with Crippen LogP contribution in [-0.4, -0.2) is 40.3 Å². The molecule has 28 heavy (non-hydrogen) atoms. The molecule has 2 aromatic carbocycles. The Bertz CT molecular complexity index is 917. The molecule has 146 valence electrons. The summed E-state index contributed by atoms with van der Waals surface area (Å²) < 4.78 is 7.14. The lowest BCUT2D eigenvalue weighted by Gasteiger charge is -2.24. The number of primary amides is 1. The zero-order chi connectivity index (χ0) is 20.1. The smallest absolute Gasteiger partial charge is 0.231 e. The number of methoxy groups -OCH3 is 1. The second kappa shape index (κ2) is 8.71. The molecule has 0 unspecified atom stereocenters. The number of para-hydroxylation sites is 1. The van der Waals surface area contributed by atoms with Crippen molar-refractivity contribution in [1.29, 1.82) is 0 Å². The highest BCUT2D eigenvalue weighted by Gasteiger charge is 2.19. The van der Waals surface area contributed by atoms with Crippen LogP contribution in [0.3, 0.4) is 0 Å². The Morgan fingerprint density at radius 3 is 2.39 bits per heavy atom. The number of nitrogens with zero attached hydrogens (tertiary/aromatic N) is 3. The minimum atomic E-state index is -0.338. The maximum atomic E-state index is 11.5. The molecule has 0 aliphatic rings. The molecule has 0 aliphatic heterocycles. The van der Waals surface area contributed by atoms with Gasteiger partial charge in [0, 0.05) is 29.9 Å². The van der Waals surface area contributed by atoms with Gasteiger partial charge in [-0.2, -0.15) is 5.10 Å². The number of benzene rings is 2. The molecule has 2 N–H and O–H groups in total. The van der Waals surface area contributed by atoms with Gasteiger partial charge in [-0.3, -0.25) is 9.69 Å². The molecule has 0 fully saturated rings. The molecule has 3 aromatic rings. The number of carbonyl (C=O) groups is 1. The van der Waals surface area contributed by atoms with Crippen LogP contribution in [0.4, 0.5) is 0 Å². The van der Waals surface area contributed by atoms with Crippen LogP contribution in [0, 0.1) is 0 Å². The molecule has 0 saturated carbocycles. The van der Waals surface area contributed by atoms with Gasteiger partial charge in [0.05, 0.1) is 25.0 Å². The SMILES string of the molecule is COc1ccc(-c2nn(-c3ccccc3)cc2CN(CC(N)=O)C(C)C)cc1. The van der Waals surface area contributed by atoms with E-state index in [4.69, 9.17) is 15.6 Å². The summed E-state index contributed by atoms with van der Waals surface area (Å²) in [7, 11) is 1.65. The molecule has 0 atom stereocenters. The normalized spacial score (nSPS) is 11.2. The Hall–Kier alpha value is -3.12. The summed E-state index contributed by atoms with van der Waals surface area (Å²) in [4.78, 5) is 13.5. The van der Waals surface area contributed by atoms with Crippen molar-refractivity contribution in [2.24, 2.45) is 5.73 Å². The van der Waals surface area contributed by atoms with E-state index in [0.717, 1.165) is 28.3 Å². The second-order valence-corrected chi connectivity index (χ2v) is 6.98. The first-order chi connectivity index (χ1) is 13.5. The van der Waals surface area contributed by atoms with Crippen LogP contribution < -0.4 is 10.5 Å². The van der Waals surface area contributed by atoms with Gasteiger partial charge in [-0.1, -0.05) is 18.2 Å². The fourth-order valence-electron chi connectivity index (χ4n) is 3.07. The second-order valence-electron chi connectivity index (χ2n) is 6.98. The van der Waals surface area contributed by atoms with Gasteiger partial charge in [0.15, 0.2) is 0 Å². The molecule has 0 aliphatic carbocycles. The van der Waals surface area contributed by atoms with Gasteiger partial charge in [-0.05, 0) is 50.2 Å². The van der Waals surface area contributed by atoms with Crippen molar-refractivity contribution in [3.8, 4) is 22.7 Å². The number of hydrogen-bond acceptors (Lipinski definition) is 4. The minimum absolute atomic E-state index is 0.177. The molecule has 0 radical (unpaired) electrons. The number of ether oxygens (including phenoxy) is 1. The van der Waals surface area contributed by atoms with Gasteiger partial charge in [-0.25, -0.2) is 4.68 Å². The van der Waals surface area contributed by atoms with Crippen LogP contribution in [0.2, 0.25) is 0 Å². The first-order valence-corrected chi connectivity index (χ1v) is 9.28. The van der Waals surface area contributed by atoms with Crippen LogP contribution in [0.25, 0.3) is 16.9 Å². The van der Waals surface area contributed by atoms with E-state index in [1.807, 2.05) is 70.4 Å². The lowest BCUT2D eigenvalue weighted by atomic mass is 10.1. The summed E-state index contributed by atoms with van der Waals surface area (Å²) in [5, 5.41) is 4.83. The fourth-order valence-corrected chi connectivity index (χ4v) is 3.07. The van der Waals surface area contributed by atoms with E-state index in [1.165, 1.54) is 0 Å². The molecule has 3 rings (SSSR count). The largest absolute Gasteiger partial charge is 0.497 e. The van der Waals surface area contributed by atoms with Gasteiger partial charge < -0.3 is 10.5 Å². The lowest BCUT2D eigenvalue weighted by Crippen LogP contribution is -2.38. The monoisotopic (exact) mass is 378 g/mol. The van der Waals surface area contributed by atoms with Gasteiger partial charge in [0.1, 0.15) is 5.75 Å². The highest BCUT2D eigenvalue weighted by molar-refractivity contribution is 5.76. The third-order valence-corrected chi connectivity index (χ3v) is 4.64. The van der Waals surface area contributed by atoms with Crippen molar-refractivity contribution in [3.63, 3.8) is 0 Å². The molecule has 0 saturated heterocycles. The first kappa shape index (κ1) is 19.6. The summed E-state index contributed by atoms with van der Waals surface area (Å²) in [5.41, 5.74) is 9.33. The van der Waals surface area contributed by atoms with E-state index >= 15 is 0 Å². The number of aromatic nitrogens is 2. The Labute approximate surface area is 165 Å². The van der Waals surface area contributed by atoms with Crippen LogP contribution >= 0.6 is 0 Å². The molecule has 0 spiro atoms. The molecule has 1 amide bonds. The highest BCUT2D eigenvalue weighted by atomic mass is 16.5. The van der Waals surface area contributed by atoms with Crippen molar-refractivity contribution in [2.75, 3.05) is 13.7 Å². The van der Waals surface area contributed by atoms with E-state index in [-0.39, 0.29) is 18.5 Å². The predicted molar refractivity (Wildman–Crippen MR) is 110 cm³/mol.